The molecule has 1 unspecified atom stereocenters. The number of methoxy groups -OCH3 is 1. The van der Waals surface area contributed by atoms with Crippen molar-refractivity contribution in [3.8, 4) is 5.69 Å². The summed E-state index contributed by atoms with van der Waals surface area (Å²) < 4.78 is 6.73. The number of ether oxygens (including phenoxy) is 1. The number of amides is 2. The summed E-state index contributed by atoms with van der Waals surface area (Å²) in [6, 6.07) is 9.91. The van der Waals surface area contributed by atoms with Gasteiger partial charge >= 0.3 is 0 Å². The minimum Gasteiger partial charge on any atom is -0.375 e. The zero-order valence-electron chi connectivity index (χ0n) is 16.6. The van der Waals surface area contributed by atoms with Gasteiger partial charge in [0.15, 0.2) is 0 Å². The van der Waals surface area contributed by atoms with Crippen LogP contribution in [0.15, 0.2) is 30.3 Å². The number of hydrogen-bond acceptors (Lipinski definition) is 4. The molecule has 0 aliphatic carbocycles. The van der Waals surface area contributed by atoms with E-state index in [0.717, 1.165) is 29.8 Å². The molecule has 28 heavy (non-hydrogen) atoms. The van der Waals surface area contributed by atoms with Gasteiger partial charge in [0.1, 0.15) is 12.3 Å². The van der Waals surface area contributed by atoms with Crippen LogP contribution < -0.4 is 0 Å². The van der Waals surface area contributed by atoms with Crippen molar-refractivity contribution < 1.29 is 14.3 Å². The van der Waals surface area contributed by atoms with E-state index in [0.29, 0.717) is 18.8 Å². The molecule has 148 valence electrons. The third-order valence-corrected chi connectivity index (χ3v) is 5.86. The first kappa shape index (κ1) is 18.7. The van der Waals surface area contributed by atoms with Crippen molar-refractivity contribution in [3.63, 3.8) is 0 Å². The zero-order chi connectivity index (χ0) is 19.8. The maximum Gasteiger partial charge on any atom is 0.273 e. The summed E-state index contributed by atoms with van der Waals surface area (Å²) in [6.07, 6.45) is 1.57. The van der Waals surface area contributed by atoms with Gasteiger partial charge in [-0.3, -0.25) is 9.59 Å². The molecule has 2 aliphatic rings. The number of hydrogen-bond donors (Lipinski definition) is 0. The van der Waals surface area contributed by atoms with E-state index >= 15 is 0 Å². The highest BCUT2D eigenvalue weighted by atomic mass is 16.5. The van der Waals surface area contributed by atoms with Crippen molar-refractivity contribution in [3.05, 3.63) is 47.3 Å². The number of rotatable bonds is 4. The fourth-order valence-electron chi connectivity index (χ4n) is 4.53. The van der Waals surface area contributed by atoms with E-state index in [2.05, 4.69) is 12.0 Å². The summed E-state index contributed by atoms with van der Waals surface area (Å²) in [6.45, 7) is 5.47. The fourth-order valence-corrected chi connectivity index (χ4v) is 4.53. The summed E-state index contributed by atoms with van der Waals surface area (Å²) in [5.74, 6) is 0.0502. The second kappa shape index (κ2) is 7.39. The molecule has 0 spiro atoms. The second-order valence-electron chi connectivity index (χ2n) is 7.53. The van der Waals surface area contributed by atoms with Gasteiger partial charge in [-0.15, -0.1) is 0 Å². The highest BCUT2D eigenvalue weighted by Gasteiger charge is 2.44. The van der Waals surface area contributed by atoms with Gasteiger partial charge in [0.2, 0.25) is 5.91 Å². The van der Waals surface area contributed by atoms with Gasteiger partial charge in [0, 0.05) is 31.8 Å². The Labute approximate surface area is 164 Å². The predicted molar refractivity (Wildman–Crippen MR) is 104 cm³/mol. The van der Waals surface area contributed by atoms with Crippen molar-refractivity contribution in [1.82, 2.24) is 19.6 Å². The second-order valence-corrected chi connectivity index (χ2v) is 7.53. The largest absolute Gasteiger partial charge is 0.375 e. The molecule has 0 saturated carbocycles. The third-order valence-electron chi connectivity index (χ3n) is 5.86. The van der Waals surface area contributed by atoms with Crippen LogP contribution in [0.3, 0.4) is 0 Å². The van der Waals surface area contributed by atoms with Crippen LogP contribution in [-0.2, 0) is 9.53 Å². The lowest BCUT2D eigenvalue weighted by Crippen LogP contribution is -2.48. The first-order valence-corrected chi connectivity index (χ1v) is 9.77. The highest BCUT2D eigenvalue weighted by Crippen LogP contribution is 2.39. The van der Waals surface area contributed by atoms with Crippen LogP contribution in [0.1, 0.15) is 47.6 Å². The van der Waals surface area contributed by atoms with Crippen molar-refractivity contribution in [2.24, 2.45) is 0 Å². The molecule has 1 fully saturated rings. The van der Waals surface area contributed by atoms with Crippen LogP contribution >= 0.6 is 0 Å². The topological polar surface area (TPSA) is 67.7 Å². The Balaban J connectivity index is 1.57. The van der Waals surface area contributed by atoms with Gasteiger partial charge in [-0.05, 0) is 38.8 Å². The smallest absolute Gasteiger partial charge is 0.273 e. The fraction of sp³-hybridized carbons (Fsp3) is 0.476. The monoisotopic (exact) mass is 382 g/mol. The molecule has 7 heteroatoms. The molecule has 0 radical (unpaired) electrons. The van der Waals surface area contributed by atoms with Gasteiger partial charge < -0.3 is 14.5 Å². The average molecular weight is 382 g/mol. The standard InChI is InChI=1S/C21H26N4O3/c1-14-19-15(2)24(16-9-11-23(12-10-16)18(26)13-28-3)21(27)20(19)25(22-14)17-7-5-4-6-8-17/h4-8,15-16H,9-13H2,1-3H3. The van der Waals surface area contributed by atoms with Crippen LogP contribution in [0.4, 0.5) is 0 Å². The lowest BCUT2D eigenvalue weighted by molar-refractivity contribution is -0.136. The van der Waals surface area contributed by atoms with Crippen molar-refractivity contribution in [2.45, 2.75) is 38.8 Å². The summed E-state index contributed by atoms with van der Waals surface area (Å²) in [7, 11) is 1.53. The number of carbonyl (C=O) groups is 2. The zero-order valence-corrected chi connectivity index (χ0v) is 16.6. The Morgan fingerprint density at radius 1 is 1.21 bits per heavy atom. The number of aryl methyl sites for hydroxylation is 1. The number of aromatic nitrogens is 2. The summed E-state index contributed by atoms with van der Waals surface area (Å²) in [5, 5.41) is 4.64. The number of benzene rings is 1. The number of fused-ring (bicyclic) bond motifs is 1. The molecule has 4 rings (SSSR count). The minimum atomic E-state index is -0.00816. The minimum absolute atomic E-state index is 0.00816. The molecule has 1 saturated heterocycles. The van der Waals surface area contributed by atoms with Crippen LogP contribution in [-0.4, -0.2) is 64.2 Å². The number of piperidine rings is 1. The maximum atomic E-state index is 13.4. The van der Waals surface area contributed by atoms with Crippen LogP contribution in [0.25, 0.3) is 5.69 Å². The van der Waals surface area contributed by atoms with E-state index in [-0.39, 0.29) is 30.5 Å². The van der Waals surface area contributed by atoms with Crippen molar-refractivity contribution in [1.29, 1.82) is 0 Å². The summed E-state index contributed by atoms with van der Waals surface area (Å²) >= 11 is 0. The highest BCUT2D eigenvalue weighted by molar-refractivity contribution is 5.98. The van der Waals surface area contributed by atoms with E-state index in [1.54, 1.807) is 4.68 Å². The Morgan fingerprint density at radius 3 is 2.54 bits per heavy atom. The predicted octanol–water partition coefficient (Wildman–Crippen LogP) is 2.33. The van der Waals surface area contributed by atoms with Crippen molar-refractivity contribution in [2.75, 3.05) is 26.8 Å². The van der Waals surface area contributed by atoms with Crippen molar-refractivity contribution >= 4 is 11.8 Å². The summed E-state index contributed by atoms with van der Waals surface area (Å²) in [4.78, 5) is 29.3. The van der Waals surface area contributed by atoms with Gasteiger partial charge in [-0.25, -0.2) is 4.68 Å². The molecule has 1 aromatic heterocycles. The Hall–Kier alpha value is -2.67. The van der Waals surface area contributed by atoms with Gasteiger partial charge in [-0.1, -0.05) is 18.2 Å². The molecule has 0 bridgehead atoms. The van der Waals surface area contributed by atoms with E-state index < -0.39 is 0 Å². The molecule has 2 amide bonds. The first-order valence-electron chi connectivity index (χ1n) is 9.77. The number of para-hydroxylation sites is 1. The van der Waals surface area contributed by atoms with Gasteiger partial charge in [-0.2, -0.15) is 5.10 Å². The Bertz CT molecular complexity index is 885. The number of carbonyl (C=O) groups excluding carboxylic acids is 2. The molecule has 2 aliphatic heterocycles. The molecule has 7 nitrogen and oxygen atoms in total. The number of likely N-dealkylation sites (tertiary alicyclic amines) is 1. The third kappa shape index (κ3) is 2.99. The van der Waals surface area contributed by atoms with E-state index in [9.17, 15) is 9.59 Å². The lowest BCUT2D eigenvalue weighted by atomic mass is 10.0. The average Bonchev–Trinajstić information content (AvgIpc) is 3.19. The first-order chi connectivity index (χ1) is 13.5. The SMILES string of the molecule is COCC(=O)N1CCC(N2C(=O)c3c(c(C)nn3-c3ccccc3)C2C)CC1. The lowest BCUT2D eigenvalue weighted by Gasteiger charge is -2.38. The molecule has 1 atom stereocenters. The molecule has 3 heterocycles. The maximum absolute atomic E-state index is 13.4. The van der Waals surface area contributed by atoms with Gasteiger partial charge in [0.25, 0.3) is 5.91 Å². The Kier molecular flexibility index (Phi) is 4.93. The molecule has 1 aromatic carbocycles. The summed E-state index contributed by atoms with van der Waals surface area (Å²) in [5.41, 5.74) is 3.49. The molecular weight excluding hydrogens is 356 g/mol. The van der Waals surface area contributed by atoms with E-state index in [1.165, 1.54) is 7.11 Å². The molecular formula is C21H26N4O3. The Morgan fingerprint density at radius 2 is 1.89 bits per heavy atom. The van der Waals surface area contributed by atoms with E-state index in [4.69, 9.17) is 4.74 Å². The normalized spacial score (nSPS) is 20.0. The van der Waals surface area contributed by atoms with E-state index in [1.807, 2.05) is 47.1 Å². The van der Waals surface area contributed by atoms with Crippen LogP contribution in [0, 0.1) is 6.92 Å². The quantitative estimate of drug-likeness (QED) is 0.814. The molecule has 0 N–H and O–H groups in total. The van der Waals surface area contributed by atoms with Gasteiger partial charge in [0.05, 0.1) is 17.4 Å². The number of nitrogens with zero attached hydrogens (tertiary/aromatic N) is 4. The van der Waals surface area contributed by atoms with Crippen LogP contribution in [0.5, 0.6) is 0 Å². The van der Waals surface area contributed by atoms with Crippen LogP contribution in [0.2, 0.25) is 0 Å². The molecule has 2 aromatic rings.